The maximum atomic E-state index is 2.68. The number of hydrogen-bond acceptors (Lipinski definition) is 1. The molecule has 1 nitrogen and oxygen atoms in total. The summed E-state index contributed by atoms with van der Waals surface area (Å²) in [7, 11) is 0. The van der Waals surface area contributed by atoms with Crippen LogP contribution in [0.1, 0.15) is 222 Å². The molecule has 8 aromatic rings. The molecule has 8 aromatic carbocycles. The molecule has 4 fully saturated rings. The molecule has 1 heteroatoms. The second kappa shape index (κ2) is 23.5. The maximum absolute atomic E-state index is 2.68. The fourth-order valence-corrected chi connectivity index (χ4v) is 15.7. The molecule has 0 atom stereocenters. The van der Waals surface area contributed by atoms with Crippen LogP contribution in [0.15, 0.2) is 188 Å². The minimum absolute atomic E-state index is 0.512. The zero-order valence-electron chi connectivity index (χ0n) is 46.6. The Bertz CT molecular complexity index is 3140. The van der Waals surface area contributed by atoms with Crippen molar-refractivity contribution >= 4 is 17.1 Å². The number of hydrogen-bond donors (Lipinski definition) is 0. The predicted octanol–water partition coefficient (Wildman–Crippen LogP) is 22.6. The molecule has 0 heterocycles. The average molecular weight is 1020 g/mol. The van der Waals surface area contributed by atoms with Crippen LogP contribution in [-0.2, 0) is 5.41 Å². The van der Waals surface area contributed by atoms with Crippen LogP contribution in [0.2, 0.25) is 0 Å². The van der Waals surface area contributed by atoms with Crippen LogP contribution in [0.4, 0.5) is 17.1 Å². The minimum atomic E-state index is -0.512. The van der Waals surface area contributed by atoms with E-state index in [-0.39, 0.29) is 0 Å². The molecule has 78 heavy (non-hydrogen) atoms. The van der Waals surface area contributed by atoms with Gasteiger partial charge in [0.05, 0.1) is 11.1 Å². The molecule has 0 amide bonds. The summed E-state index contributed by atoms with van der Waals surface area (Å²) in [6, 6.07) is 74.7. The van der Waals surface area contributed by atoms with E-state index in [0.717, 1.165) is 0 Å². The quantitative estimate of drug-likeness (QED) is 0.125. The summed E-state index contributed by atoms with van der Waals surface area (Å²) < 4.78 is 0. The Labute approximate surface area is 468 Å². The third-order valence-corrected chi connectivity index (χ3v) is 19.9. The van der Waals surface area contributed by atoms with Crippen LogP contribution < -0.4 is 4.90 Å². The van der Waals surface area contributed by atoms with Crippen LogP contribution in [0.5, 0.6) is 0 Å². The summed E-state index contributed by atoms with van der Waals surface area (Å²) in [6.07, 6.45) is 32.4. The van der Waals surface area contributed by atoms with Gasteiger partial charge in [0.15, 0.2) is 0 Å². The van der Waals surface area contributed by atoms with Gasteiger partial charge in [-0.2, -0.15) is 0 Å². The third kappa shape index (κ3) is 10.3. The van der Waals surface area contributed by atoms with E-state index in [1.165, 1.54) is 238 Å². The molecule has 0 aromatic heterocycles. The molecule has 13 rings (SSSR count). The lowest BCUT2D eigenvalue weighted by atomic mass is 9.67. The van der Waals surface area contributed by atoms with Crippen molar-refractivity contribution in [1.29, 1.82) is 0 Å². The van der Waals surface area contributed by atoms with E-state index < -0.39 is 5.41 Å². The molecule has 5 aliphatic rings. The molecule has 396 valence electrons. The number of rotatable bonds is 11. The Morgan fingerprint density at radius 3 is 1.23 bits per heavy atom. The standard InChI is InChI=1S/C77H83N/c1-3-10-28-58(29-11-4-1)64-52-65(59-30-12-5-2-6-13-31-59)54-66(53-64)62-42-48-69(49-43-62)78(76-37-23-21-34-71(76)63-32-18-9-19-33-63)70-50-51-73-72-35-20-22-36-74(72)77(75(73)55-70,67-44-38-60(39-45-67)56-24-14-7-15-25-56)68-46-40-61(41-47-68)57-26-16-8-17-27-57/h9,18-23,32-59H,1-8,10-17,24-31H2. The van der Waals surface area contributed by atoms with Crippen LogP contribution in [0.25, 0.3) is 33.4 Å². The van der Waals surface area contributed by atoms with Crippen LogP contribution in [0.3, 0.4) is 0 Å². The summed E-state index contributed by atoms with van der Waals surface area (Å²) in [5.74, 6) is 2.62. The fourth-order valence-electron chi connectivity index (χ4n) is 15.7. The lowest BCUT2D eigenvalue weighted by Gasteiger charge is -2.36. The third-order valence-electron chi connectivity index (χ3n) is 19.9. The number of nitrogens with zero attached hydrogens (tertiary/aromatic N) is 1. The molecule has 0 N–H and O–H groups in total. The van der Waals surface area contributed by atoms with E-state index in [1.54, 1.807) is 11.1 Å². The van der Waals surface area contributed by atoms with Gasteiger partial charge in [-0.05, 0) is 178 Å². The van der Waals surface area contributed by atoms with E-state index in [4.69, 9.17) is 0 Å². The first-order chi connectivity index (χ1) is 38.7. The van der Waals surface area contributed by atoms with Crippen molar-refractivity contribution in [2.45, 2.75) is 183 Å². The number of fused-ring (bicyclic) bond motifs is 3. The summed E-state index contributed by atoms with van der Waals surface area (Å²) in [6.45, 7) is 0. The van der Waals surface area contributed by atoms with Crippen molar-refractivity contribution in [3.63, 3.8) is 0 Å². The summed E-state index contributed by atoms with van der Waals surface area (Å²) in [4.78, 5) is 2.57. The molecule has 4 saturated carbocycles. The normalized spacial score (nSPS) is 18.7. The largest absolute Gasteiger partial charge is 0.310 e. The van der Waals surface area contributed by atoms with Crippen molar-refractivity contribution < 1.29 is 0 Å². The highest BCUT2D eigenvalue weighted by Crippen LogP contribution is 2.58. The van der Waals surface area contributed by atoms with Crippen LogP contribution in [-0.4, -0.2) is 0 Å². The first-order valence-electron chi connectivity index (χ1n) is 31.3. The molecule has 0 spiro atoms. The smallest absolute Gasteiger partial charge is 0.0714 e. The van der Waals surface area contributed by atoms with Crippen molar-refractivity contribution in [1.82, 2.24) is 0 Å². The number of anilines is 3. The van der Waals surface area contributed by atoms with Gasteiger partial charge in [-0.25, -0.2) is 0 Å². The van der Waals surface area contributed by atoms with Gasteiger partial charge in [0, 0.05) is 16.9 Å². The Balaban J connectivity index is 0.966. The zero-order chi connectivity index (χ0) is 52.1. The van der Waals surface area contributed by atoms with Gasteiger partial charge in [0.25, 0.3) is 0 Å². The molecule has 0 radical (unpaired) electrons. The molecule has 0 bridgehead atoms. The van der Waals surface area contributed by atoms with Crippen molar-refractivity contribution in [3.8, 4) is 33.4 Å². The SMILES string of the molecule is c1ccc(-c2ccccc2N(c2ccc(-c3cc(C4CCCCCCC4)cc(C4CCCCCCC4)c3)cc2)c2ccc3c(c2)C(c2ccc(C4CCCCC4)cc2)(c2ccc(C4CCCCC4)cc2)c2ccccc2-3)cc1. The van der Waals surface area contributed by atoms with E-state index in [0.29, 0.717) is 23.7 Å². The first-order valence-corrected chi connectivity index (χ1v) is 31.3. The first kappa shape index (κ1) is 51.0. The van der Waals surface area contributed by atoms with E-state index in [9.17, 15) is 0 Å². The van der Waals surface area contributed by atoms with Crippen molar-refractivity contribution in [2.75, 3.05) is 4.90 Å². The second-order valence-corrected chi connectivity index (χ2v) is 24.7. The Morgan fingerprint density at radius 2 is 0.692 bits per heavy atom. The highest BCUT2D eigenvalue weighted by Gasteiger charge is 2.47. The fraction of sp³-hybridized carbons (Fsp3) is 0.377. The maximum Gasteiger partial charge on any atom is 0.0714 e. The molecule has 0 saturated heterocycles. The minimum Gasteiger partial charge on any atom is -0.310 e. The summed E-state index contributed by atoms with van der Waals surface area (Å²) in [5.41, 5.74) is 22.6. The van der Waals surface area contributed by atoms with Gasteiger partial charge in [-0.3, -0.25) is 0 Å². The summed E-state index contributed by atoms with van der Waals surface area (Å²) >= 11 is 0. The molecule has 0 unspecified atom stereocenters. The van der Waals surface area contributed by atoms with Gasteiger partial charge < -0.3 is 4.90 Å². The van der Waals surface area contributed by atoms with E-state index >= 15 is 0 Å². The topological polar surface area (TPSA) is 3.24 Å². The van der Waals surface area contributed by atoms with Gasteiger partial charge in [-0.15, -0.1) is 0 Å². The zero-order valence-corrected chi connectivity index (χ0v) is 46.6. The Morgan fingerprint density at radius 1 is 0.269 bits per heavy atom. The highest BCUT2D eigenvalue weighted by molar-refractivity contribution is 5.92. The van der Waals surface area contributed by atoms with Gasteiger partial charge in [0.2, 0.25) is 0 Å². The molecule has 5 aliphatic carbocycles. The highest BCUT2D eigenvalue weighted by atomic mass is 15.1. The number of benzene rings is 8. The molecular formula is C77H83N. The Kier molecular flexibility index (Phi) is 15.4. The number of para-hydroxylation sites is 1. The monoisotopic (exact) mass is 1020 g/mol. The van der Waals surface area contributed by atoms with Gasteiger partial charge in [-0.1, -0.05) is 260 Å². The summed E-state index contributed by atoms with van der Waals surface area (Å²) in [5, 5.41) is 0. The molecular weight excluding hydrogens is 939 g/mol. The average Bonchev–Trinajstić information content (AvgIpc) is 3.90. The predicted molar refractivity (Wildman–Crippen MR) is 331 cm³/mol. The van der Waals surface area contributed by atoms with Gasteiger partial charge >= 0.3 is 0 Å². The van der Waals surface area contributed by atoms with Gasteiger partial charge in [0.1, 0.15) is 0 Å². The van der Waals surface area contributed by atoms with E-state index in [2.05, 4.69) is 193 Å². The van der Waals surface area contributed by atoms with Crippen LogP contribution in [0, 0.1) is 0 Å². The van der Waals surface area contributed by atoms with E-state index in [1.807, 2.05) is 0 Å². The Hall–Kier alpha value is -6.44. The van der Waals surface area contributed by atoms with Crippen molar-refractivity contribution in [2.24, 2.45) is 0 Å². The van der Waals surface area contributed by atoms with Crippen molar-refractivity contribution in [3.05, 3.63) is 233 Å². The van der Waals surface area contributed by atoms with Crippen LogP contribution >= 0.6 is 0 Å². The lowest BCUT2D eigenvalue weighted by Crippen LogP contribution is -2.29. The lowest BCUT2D eigenvalue weighted by molar-refractivity contribution is 0.443. The molecule has 0 aliphatic heterocycles. The second-order valence-electron chi connectivity index (χ2n) is 24.7.